The van der Waals surface area contributed by atoms with Crippen LogP contribution in [0.5, 0.6) is 5.75 Å². The van der Waals surface area contributed by atoms with E-state index >= 15 is 0 Å². The summed E-state index contributed by atoms with van der Waals surface area (Å²) < 4.78 is 5.95. The maximum Gasteiger partial charge on any atom is 0.248 e. The Morgan fingerprint density at radius 1 is 1.23 bits per heavy atom. The number of fused-ring (bicyclic) bond motifs is 1. The van der Waals surface area contributed by atoms with E-state index < -0.39 is 0 Å². The van der Waals surface area contributed by atoms with E-state index in [2.05, 4.69) is 4.98 Å². The Morgan fingerprint density at radius 2 is 2.00 bits per heavy atom. The second-order valence-corrected chi connectivity index (χ2v) is 7.46. The van der Waals surface area contributed by atoms with Gasteiger partial charge >= 0.3 is 0 Å². The van der Waals surface area contributed by atoms with Crippen molar-refractivity contribution in [2.75, 3.05) is 13.7 Å². The number of nitrogens with zero attached hydrogens (tertiary/aromatic N) is 1. The molecule has 1 aliphatic rings. The predicted octanol–water partition coefficient (Wildman–Crippen LogP) is 3.72. The molecule has 140 valence electrons. The molecule has 1 heterocycles. The van der Waals surface area contributed by atoms with Crippen molar-refractivity contribution in [2.45, 2.75) is 51.5 Å². The number of nitrogens with one attached hydrogen (secondary N) is 1. The average Bonchev–Trinajstić information content (AvgIpc) is 2.66. The Labute approximate surface area is 154 Å². The molecule has 5 heteroatoms. The first-order chi connectivity index (χ1) is 12.5. The number of carbonyl (C=O) groups excluding carboxylic acids is 1. The monoisotopic (exact) mass is 356 g/mol. The van der Waals surface area contributed by atoms with Gasteiger partial charge in [-0.1, -0.05) is 32.3 Å². The molecule has 2 aromatic rings. The second kappa shape index (κ2) is 8.39. The predicted molar refractivity (Wildman–Crippen MR) is 103 cm³/mol. The highest BCUT2D eigenvalue weighted by Crippen LogP contribution is 2.25. The molecule has 0 spiro atoms. The summed E-state index contributed by atoms with van der Waals surface area (Å²) in [5.74, 6) is 1.07. The second-order valence-electron chi connectivity index (χ2n) is 7.46. The third-order valence-corrected chi connectivity index (χ3v) is 5.29. The molecule has 0 saturated heterocycles. The fraction of sp³-hybridized carbons (Fsp3) is 0.524. The smallest absolute Gasteiger partial charge is 0.248 e. The van der Waals surface area contributed by atoms with Crippen LogP contribution in [0.2, 0.25) is 0 Å². The van der Waals surface area contributed by atoms with Crippen LogP contribution in [0.15, 0.2) is 35.1 Å². The highest BCUT2D eigenvalue weighted by atomic mass is 16.5. The Hall–Kier alpha value is -2.30. The molecule has 1 N–H and O–H groups in total. The van der Waals surface area contributed by atoms with E-state index in [9.17, 15) is 9.59 Å². The van der Waals surface area contributed by atoms with Gasteiger partial charge in [-0.25, -0.2) is 0 Å². The van der Waals surface area contributed by atoms with E-state index in [4.69, 9.17) is 4.74 Å². The topological polar surface area (TPSA) is 62.4 Å². The zero-order valence-electron chi connectivity index (χ0n) is 15.7. The van der Waals surface area contributed by atoms with E-state index in [1.807, 2.05) is 37.1 Å². The Morgan fingerprint density at radius 3 is 2.77 bits per heavy atom. The summed E-state index contributed by atoms with van der Waals surface area (Å²) in [4.78, 5) is 28.7. The van der Waals surface area contributed by atoms with Gasteiger partial charge < -0.3 is 14.6 Å². The number of pyridine rings is 1. The van der Waals surface area contributed by atoms with Gasteiger partial charge in [-0.3, -0.25) is 9.59 Å². The van der Waals surface area contributed by atoms with Crippen molar-refractivity contribution >= 4 is 16.8 Å². The number of amides is 1. The molecular formula is C21H28N2O3. The minimum Gasteiger partial charge on any atom is -0.493 e. The van der Waals surface area contributed by atoms with Crippen LogP contribution in [0.4, 0.5) is 0 Å². The minimum atomic E-state index is -0.126. The van der Waals surface area contributed by atoms with Crippen molar-refractivity contribution in [3.63, 3.8) is 0 Å². The first-order valence-corrected chi connectivity index (χ1v) is 9.55. The molecule has 1 saturated carbocycles. The summed E-state index contributed by atoms with van der Waals surface area (Å²) in [6, 6.07) is 9.29. The average molecular weight is 356 g/mol. The third-order valence-electron chi connectivity index (χ3n) is 5.29. The molecule has 1 amide bonds. The molecular weight excluding hydrogens is 328 g/mol. The number of hydrogen-bond acceptors (Lipinski definition) is 3. The Kier molecular flexibility index (Phi) is 5.96. The summed E-state index contributed by atoms with van der Waals surface area (Å²) in [7, 11) is 1.94. The number of ether oxygens (including phenoxy) is 1. The highest BCUT2D eigenvalue weighted by Gasteiger charge is 2.23. The summed E-state index contributed by atoms with van der Waals surface area (Å²) in [6.07, 6.45) is 6.49. The van der Waals surface area contributed by atoms with Crippen molar-refractivity contribution in [2.24, 2.45) is 5.92 Å². The van der Waals surface area contributed by atoms with Gasteiger partial charge in [-0.15, -0.1) is 0 Å². The van der Waals surface area contributed by atoms with Crippen LogP contribution in [-0.4, -0.2) is 35.5 Å². The lowest BCUT2D eigenvalue weighted by Crippen LogP contribution is -2.39. The first-order valence-electron chi connectivity index (χ1n) is 9.55. The van der Waals surface area contributed by atoms with Crippen LogP contribution in [0, 0.1) is 5.92 Å². The zero-order valence-corrected chi connectivity index (χ0v) is 15.7. The number of rotatable bonds is 6. The lowest BCUT2D eigenvalue weighted by Gasteiger charge is -2.32. The van der Waals surface area contributed by atoms with Gasteiger partial charge in [-0.2, -0.15) is 0 Å². The Balaban J connectivity index is 1.56. The molecule has 0 bridgehead atoms. The normalized spacial score (nSPS) is 16.4. The molecule has 1 atom stereocenters. The van der Waals surface area contributed by atoms with Gasteiger partial charge in [0.25, 0.3) is 0 Å². The molecule has 3 rings (SSSR count). The summed E-state index contributed by atoms with van der Waals surface area (Å²) in [5, 5.41) is 0.880. The van der Waals surface area contributed by atoms with Crippen molar-refractivity contribution in [1.29, 1.82) is 0 Å². The molecule has 1 aliphatic carbocycles. The Bertz CT molecular complexity index is 808. The van der Waals surface area contributed by atoms with Crippen molar-refractivity contribution in [3.05, 3.63) is 40.7 Å². The minimum absolute atomic E-state index is 0.126. The SMILES string of the molecule is CC(COc1cccc2[nH]c(=O)ccc12)CC(=O)N(C)C1CCCCC1. The molecule has 1 aromatic heterocycles. The van der Waals surface area contributed by atoms with E-state index in [1.165, 1.54) is 25.3 Å². The number of benzene rings is 1. The standard InChI is InChI=1S/C21H28N2O3/c1-15(13-21(25)23(2)16-7-4-3-5-8-16)14-26-19-10-6-9-18-17(19)11-12-20(24)22-18/h6,9-12,15-16H,3-5,7-8,13-14H2,1-2H3,(H,22,24). The van der Waals surface area contributed by atoms with Gasteiger partial charge in [0, 0.05) is 31.0 Å². The number of aromatic amines is 1. The van der Waals surface area contributed by atoms with Gasteiger partial charge in [0.2, 0.25) is 11.5 Å². The molecule has 5 nitrogen and oxygen atoms in total. The molecule has 26 heavy (non-hydrogen) atoms. The summed E-state index contributed by atoms with van der Waals surface area (Å²) in [5.41, 5.74) is 0.634. The number of hydrogen-bond donors (Lipinski definition) is 1. The lowest BCUT2D eigenvalue weighted by molar-refractivity contribution is -0.133. The van der Waals surface area contributed by atoms with E-state index in [0.717, 1.165) is 29.5 Å². The number of aromatic nitrogens is 1. The maximum atomic E-state index is 12.5. The summed E-state index contributed by atoms with van der Waals surface area (Å²) >= 11 is 0. The van der Waals surface area contributed by atoms with Gasteiger partial charge in [-0.05, 0) is 37.0 Å². The molecule has 1 fully saturated rings. The van der Waals surface area contributed by atoms with Crippen molar-refractivity contribution < 1.29 is 9.53 Å². The fourth-order valence-electron chi connectivity index (χ4n) is 3.69. The van der Waals surface area contributed by atoms with Crippen LogP contribution in [0.3, 0.4) is 0 Å². The van der Waals surface area contributed by atoms with Crippen LogP contribution in [0.25, 0.3) is 10.9 Å². The van der Waals surface area contributed by atoms with Gasteiger partial charge in [0.1, 0.15) is 5.75 Å². The third kappa shape index (κ3) is 4.45. The molecule has 1 unspecified atom stereocenters. The molecule has 0 radical (unpaired) electrons. The van der Waals surface area contributed by atoms with Crippen LogP contribution in [-0.2, 0) is 4.79 Å². The van der Waals surface area contributed by atoms with Crippen molar-refractivity contribution in [1.82, 2.24) is 9.88 Å². The van der Waals surface area contributed by atoms with Crippen molar-refractivity contribution in [3.8, 4) is 5.75 Å². The van der Waals surface area contributed by atoms with E-state index in [-0.39, 0.29) is 17.4 Å². The number of H-pyrrole nitrogens is 1. The summed E-state index contributed by atoms with van der Waals surface area (Å²) in [6.45, 7) is 2.52. The van der Waals surface area contributed by atoms with Gasteiger partial charge in [0.15, 0.2) is 0 Å². The van der Waals surface area contributed by atoms with Crippen LogP contribution >= 0.6 is 0 Å². The highest BCUT2D eigenvalue weighted by molar-refractivity contribution is 5.84. The zero-order chi connectivity index (χ0) is 18.5. The quantitative estimate of drug-likeness (QED) is 0.858. The largest absolute Gasteiger partial charge is 0.493 e. The number of carbonyl (C=O) groups is 1. The molecule has 1 aromatic carbocycles. The maximum absolute atomic E-state index is 12.5. The van der Waals surface area contributed by atoms with Gasteiger partial charge in [0.05, 0.1) is 12.1 Å². The van der Waals surface area contributed by atoms with E-state index in [0.29, 0.717) is 19.1 Å². The fourth-order valence-corrected chi connectivity index (χ4v) is 3.69. The van der Waals surface area contributed by atoms with E-state index in [1.54, 1.807) is 6.07 Å². The lowest BCUT2D eigenvalue weighted by atomic mass is 9.94. The first kappa shape index (κ1) is 18.5. The molecule has 0 aliphatic heterocycles. The van der Waals surface area contributed by atoms with Crippen LogP contribution in [0.1, 0.15) is 45.4 Å². The van der Waals surface area contributed by atoms with Crippen LogP contribution < -0.4 is 10.3 Å².